The fourth-order valence-corrected chi connectivity index (χ4v) is 3.72. The van der Waals surface area contributed by atoms with Gasteiger partial charge in [-0.1, -0.05) is 23.7 Å². The molecule has 1 aromatic rings. The highest BCUT2D eigenvalue weighted by molar-refractivity contribution is 6.30. The molecule has 2 atom stereocenters. The van der Waals surface area contributed by atoms with E-state index in [0.29, 0.717) is 18.6 Å². The summed E-state index contributed by atoms with van der Waals surface area (Å²) in [6.45, 7) is 6.20. The Bertz CT molecular complexity index is 552. The van der Waals surface area contributed by atoms with Crippen LogP contribution in [0.2, 0.25) is 5.02 Å². The SMILES string of the molecule is CCOCCNC(=NC)NCC1CCCN(C)C1c1cccc(Cl)c1. The molecule has 0 saturated carbocycles. The molecule has 2 rings (SSSR count). The van der Waals surface area contributed by atoms with E-state index in [0.717, 1.165) is 37.2 Å². The average Bonchev–Trinajstić information content (AvgIpc) is 2.61. The Morgan fingerprint density at radius 1 is 1.40 bits per heavy atom. The third kappa shape index (κ3) is 6.17. The molecule has 0 amide bonds. The first kappa shape index (κ1) is 20.0. The van der Waals surface area contributed by atoms with E-state index in [1.807, 2.05) is 19.1 Å². The van der Waals surface area contributed by atoms with Crippen molar-refractivity contribution < 1.29 is 4.74 Å². The number of hydrogen-bond donors (Lipinski definition) is 2. The van der Waals surface area contributed by atoms with E-state index in [2.05, 4.69) is 39.7 Å². The van der Waals surface area contributed by atoms with Crippen molar-refractivity contribution in [3.63, 3.8) is 0 Å². The Labute approximate surface area is 156 Å². The van der Waals surface area contributed by atoms with Crippen molar-refractivity contribution >= 4 is 17.6 Å². The molecule has 2 unspecified atom stereocenters. The number of nitrogens with one attached hydrogen (secondary N) is 2. The van der Waals surface area contributed by atoms with Gasteiger partial charge in [0.1, 0.15) is 0 Å². The minimum absolute atomic E-state index is 0.376. The van der Waals surface area contributed by atoms with Crippen molar-refractivity contribution in [2.45, 2.75) is 25.8 Å². The number of likely N-dealkylation sites (tertiary alicyclic amines) is 1. The first-order valence-electron chi connectivity index (χ1n) is 9.13. The predicted molar refractivity (Wildman–Crippen MR) is 105 cm³/mol. The molecule has 0 aliphatic carbocycles. The standard InChI is InChI=1S/C19H31ClN4O/c1-4-25-12-10-22-19(21-2)23-14-16-8-6-11-24(3)18(16)15-7-5-9-17(20)13-15/h5,7,9,13,16,18H,4,6,8,10-12,14H2,1-3H3,(H2,21,22,23). The molecule has 25 heavy (non-hydrogen) atoms. The summed E-state index contributed by atoms with van der Waals surface area (Å²) >= 11 is 6.22. The summed E-state index contributed by atoms with van der Waals surface area (Å²) in [6, 6.07) is 8.63. The maximum atomic E-state index is 6.22. The highest BCUT2D eigenvalue weighted by atomic mass is 35.5. The number of halogens is 1. The molecule has 1 aliphatic rings. The molecule has 6 heteroatoms. The van der Waals surface area contributed by atoms with E-state index < -0.39 is 0 Å². The topological polar surface area (TPSA) is 48.9 Å². The third-order valence-electron chi connectivity index (χ3n) is 4.70. The first-order chi connectivity index (χ1) is 12.2. The minimum Gasteiger partial charge on any atom is -0.380 e. The average molecular weight is 367 g/mol. The fraction of sp³-hybridized carbons (Fsp3) is 0.632. The molecule has 5 nitrogen and oxygen atoms in total. The zero-order valence-corrected chi connectivity index (χ0v) is 16.4. The van der Waals surface area contributed by atoms with Crippen molar-refractivity contribution in [3.05, 3.63) is 34.9 Å². The lowest BCUT2D eigenvalue weighted by Gasteiger charge is -2.40. The highest BCUT2D eigenvalue weighted by Crippen LogP contribution is 2.35. The number of benzene rings is 1. The first-order valence-corrected chi connectivity index (χ1v) is 9.51. The van der Waals surface area contributed by atoms with Gasteiger partial charge in [0.05, 0.1) is 6.61 Å². The van der Waals surface area contributed by atoms with Gasteiger partial charge in [-0.2, -0.15) is 0 Å². The molecule has 0 aromatic heterocycles. The summed E-state index contributed by atoms with van der Waals surface area (Å²) in [7, 11) is 4.00. The van der Waals surface area contributed by atoms with Crippen LogP contribution in [-0.2, 0) is 4.74 Å². The Morgan fingerprint density at radius 3 is 2.96 bits per heavy atom. The molecule has 0 spiro atoms. The van der Waals surface area contributed by atoms with Gasteiger partial charge < -0.3 is 15.4 Å². The van der Waals surface area contributed by atoms with Gasteiger partial charge >= 0.3 is 0 Å². The van der Waals surface area contributed by atoms with Crippen molar-refractivity contribution in [1.29, 1.82) is 0 Å². The summed E-state index contributed by atoms with van der Waals surface area (Å²) < 4.78 is 5.36. The van der Waals surface area contributed by atoms with Crippen LogP contribution in [0.3, 0.4) is 0 Å². The van der Waals surface area contributed by atoms with Crippen LogP contribution in [0.15, 0.2) is 29.3 Å². The van der Waals surface area contributed by atoms with Crippen LogP contribution in [0.25, 0.3) is 0 Å². The lowest BCUT2D eigenvalue weighted by Crippen LogP contribution is -2.45. The quantitative estimate of drug-likeness (QED) is 0.442. The molecule has 1 aliphatic heterocycles. The van der Waals surface area contributed by atoms with E-state index in [4.69, 9.17) is 16.3 Å². The normalized spacial score (nSPS) is 22.0. The Hall–Kier alpha value is -1.30. The number of ether oxygens (including phenoxy) is 1. The van der Waals surface area contributed by atoms with Crippen LogP contribution in [0.5, 0.6) is 0 Å². The van der Waals surface area contributed by atoms with E-state index in [1.54, 1.807) is 7.05 Å². The van der Waals surface area contributed by atoms with Gasteiger partial charge in [0.2, 0.25) is 0 Å². The minimum atomic E-state index is 0.376. The summed E-state index contributed by atoms with van der Waals surface area (Å²) in [5.74, 6) is 1.35. The molecule has 1 heterocycles. The number of piperidine rings is 1. The largest absolute Gasteiger partial charge is 0.380 e. The van der Waals surface area contributed by atoms with Crippen molar-refractivity contribution in [2.75, 3.05) is 46.9 Å². The Balaban J connectivity index is 1.95. The van der Waals surface area contributed by atoms with E-state index in [9.17, 15) is 0 Å². The van der Waals surface area contributed by atoms with Gasteiger partial charge in [0.15, 0.2) is 5.96 Å². The summed E-state index contributed by atoms with van der Waals surface area (Å²) in [6.07, 6.45) is 2.42. The summed E-state index contributed by atoms with van der Waals surface area (Å²) in [5.41, 5.74) is 1.29. The van der Waals surface area contributed by atoms with Crippen LogP contribution < -0.4 is 10.6 Å². The van der Waals surface area contributed by atoms with E-state index >= 15 is 0 Å². The Kier molecular flexibility index (Phi) is 8.52. The van der Waals surface area contributed by atoms with Crippen molar-refractivity contribution in [2.24, 2.45) is 10.9 Å². The van der Waals surface area contributed by atoms with Gasteiger partial charge in [-0.15, -0.1) is 0 Å². The van der Waals surface area contributed by atoms with Gasteiger partial charge in [-0.05, 0) is 57.0 Å². The predicted octanol–water partition coefficient (Wildman–Crippen LogP) is 2.92. The molecule has 1 fully saturated rings. The van der Waals surface area contributed by atoms with Crippen LogP contribution in [0.1, 0.15) is 31.4 Å². The monoisotopic (exact) mass is 366 g/mol. The second-order valence-electron chi connectivity index (χ2n) is 6.46. The molecular formula is C19H31ClN4O. The molecule has 1 saturated heterocycles. The molecule has 140 valence electrons. The maximum Gasteiger partial charge on any atom is 0.191 e. The zero-order chi connectivity index (χ0) is 18.1. The van der Waals surface area contributed by atoms with E-state index in [1.165, 1.54) is 18.4 Å². The molecule has 0 bridgehead atoms. The molecule has 0 radical (unpaired) electrons. The van der Waals surface area contributed by atoms with Crippen LogP contribution in [0.4, 0.5) is 0 Å². The number of aliphatic imine (C=N–C) groups is 1. The van der Waals surface area contributed by atoms with Gasteiger partial charge in [0.25, 0.3) is 0 Å². The molecule has 2 N–H and O–H groups in total. The second kappa shape index (κ2) is 10.6. The Morgan fingerprint density at radius 2 is 2.24 bits per heavy atom. The van der Waals surface area contributed by atoms with Crippen LogP contribution in [0, 0.1) is 5.92 Å². The van der Waals surface area contributed by atoms with Crippen LogP contribution in [-0.4, -0.2) is 57.8 Å². The van der Waals surface area contributed by atoms with E-state index in [-0.39, 0.29) is 0 Å². The molecular weight excluding hydrogens is 336 g/mol. The number of nitrogens with zero attached hydrogens (tertiary/aromatic N) is 2. The van der Waals surface area contributed by atoms with Crippen molar-refractivity contribution in [1.82, 2.24) is 15.5 Å². The summed E-state index contributed by atoms with van der Waals surface area (Å²) in [5, 5.41) is 7.57. The van der Waals surface area contributed by atoms with Crippen molar-refractivity contribution in [3.8, 4) is 0 Å². The van der Waals surface area contributed by atoms with Crippen LogP contribution >= 0.6 is 11.6 Å². The number of guanidine groups is 1. The van der Waals surface area contributed by atoms with Gasteiger partial charge in [-0.25, -0.2) is 0 Å². The molecule has 1 aromatic carbocycles. The second-order valence-corrected chi connectivity index (χ2v) is 6.90. The number of hydrogen-bond acceptors (Lipinski definition) is 3. The highest BCUT2D eigenvalue weighted by Gasteiger charge is 2.30. The van der Waals surface area contributed by atoms with Gasteiger partial charge in [-0.3, -0.25) is 9.89 Å². The maximum absolute atomic E-state index is 6.22. The van der Waals surface area contributed by atoms with Gasteiger partial charge in [0, 0.05) is 37.8 Å². The third-order valence-corrected chi connectivity index (χ3v) is 4.93. The number of rotatable bonds is 7. The smallest absolute Gasteiger partial charge is 0.191 e. The lowest BCUT2D eigenvalue weighted by atomic mass is 9.85. The zero-order valence-electron chi connectivity index (χ0n) is 15.6. The summed E-state index contributed by atoms with van der Waals surface area (Å²) in [4.78, 5) is 6.74. The fourth-order valence-electron chi connectivity index (χ4n) is 3.52. The lowest BCUT2D eigenvalue weighted by molar-refractivity contribution is 0.122.